The highest BCUT2D eigenvalue weighted by Crippen LogP contribution is 2.34. The Morgan fingerprint density at radius 2 is 1.72 bits per heavy atom. The van der Waals surface area contributed by atoms with Crippen molar-refractivity contribution in [3.05, 3.63) is 90.4 Å². The van der Waals surface area contributed by atoms with Crippen LogP contribution in [0.4, 0.5) is 0 Å². The van der Waals surface area contributed by atoms with Crippen molar-refractivity contribution in [3.63, 3.8) is 0 Å². The summed E-state index contributed by atoms with van der Waals surface area (Å²) in [4.78, 5) is 12.9. The second kappa shape index (κ2) is 10.7. The standard InChI is InChI=1S/C18H14Cl4N2O.HNO3/c1-25-10-14(13-4-2-11(19)8-15(13)21)18-23-6-7-24(18)17-5-3-12(20)9-16(17)22;2-1(3)4/h2-9,14H,10H2,1H3;(H,2,3,4). The average Bonchev–Trinajstić information content (AvgIpc) is 3.09. The predicted molar refractivity (Wildman–Crippen MR) is 113 cm³/mol. The number of imidazole rings is 1. The van der Waals surface area contributed by atoms with Crippen LogP contribution in [-0.4, -0.2) is 33.6 Å². The van der Waals surface area contributed by atoms with Crippen molar-refractivity contribution < 1.29 is 15.0 Å². The second-order valence-electron chi connectivity index (χ2n) is 5.66. The molecule has 1 unspecified atom stereocenters. The number of hydrogen-bond donors (Lipinski definition) is 1. The summed E-state index contributed by atoms with van der Waals surface area (Å²) in [6.07, 6.45) is 3.56. The number of nitrogens with zero attached hydrogens (tertiary/aromatic N) is 3. The van der Waals surface area contributed by atoms with Gasteiger partial charge < -0.3 is 14.5 Å². The van der Waals surface area contributed by atoms with Crippen LogP contribution in [-0.2, 0) is 4.74 Å². The molecule has 0 spiro atoms. The molecule has 0 bridgehead atoms. The summed E-state index contributed by atoms with van der Waals surface area (Å²) in [5.74, 6) is 0.576. The number of hydrogen-bond acceptors (Lipinski definition) is 4. The zero-order chi connectivity index (χ0) is 21.6. The van der Waals surface area contributed by atoms with Gasteiger partial charge in [0.05, 0.1) is 23.2 Å². The van der Waals surface area contributed by atoms with Gasteiger partial charge in [-0.3, -0.25) is 0 Å². The Bertz CT molecular complexity index is 993. The minimum Gasteiger partial charge on any atom is -0.384 e. The molecule has 0 fully saturated rings. The maximum atomic E-state index is 8.36. The summed E-state index contributed by atoms with van der Waals surface area (Å²) < 4.78 is 7.32. The third-order valence-electron chi connectivity index (χ3n) is 3.82. The lowest BCUT2D eigenvalue weighted by Gasteiger charge is -2.20. The van der Waals surface area contributed by atoms with Crippen molar-refractivity contribution in [2.24, 2.45) is 0 Å². The normalized spacial score (nSPS) is 11.5. The fourth-order valence-corrected chi connectivity index (χ4v) is 3.75. The molecule has 1 atom stereocenters. The molecule has 2 aromatic carbocycles. The summed E-state index contributed by atoms with van der Waals surface area (Å²) in [7, 11) is 1.64. The Kier molecular flexibility index (Phi) is 8.55. The van der Waals surface area contributed by atoms with E-state index in [1.165, 1.54) is 0 Å². The Hall–Kier alpha value is -2.03. The molecule has 0 saturated heterocycles. The fraction of sp³-hybridized carbons (Fsp3) is 0.167. The Morgan fingerprint density at radius 1 is 1.14 bits per heavy atom. The molecule has 1 aromatic heterocycles. The molecule has 0 aliphatic rings. The van der Waals surface area contributed by atoms with E-state index >= 15 is 0 Å². The molecule has 3 rings (SSSR count). The van der Waals surface area contributed by atoms with E-state index in [4.69, 9.17) is 66.5 Å². The molecule has 154 valence electrons. The first-order chi connectivity index (χ1) is 13.7. The zero-order valence-electron chi connectivity index (χ0n) is 14.9. The van der Waals surface area contributed by atoms with Crippen LogP contribution in [0.15, 0.2) is 48.8 Å². The third kappa shape index (κ3) is 6.22. The van der Waals surface area contributed by atoms with Crippen LogP contribution >= 0.6 is 46.4 Å². The lowest BCUT2D eigenvalue weighted by molar-refractivity contribution is -0.742. The number of methoxy groups -OCH3 is 1. The van der Waals surface area contributed by atoms with Crippen LogP contribution in [0.3, 0.4) is 0 Å². The lowest BCUT2D eigenvalue weighted by atomic mass is 9.98. The predicted octanol–water partition coefficient (Wildman–Crippen LogP) is 5.92. The van der Waals surface area contributed by atoms with Gasteiger partial charge in [-0.1, -0.05) is 52.5 Å². The first kappa shape index (κ1) is 23.3. The number of benzene rings is 2. The molecule has 11 heteroatoms. The molecule has 0 saturated carbocycles. The number of aromatic nitrogens is 2. The van der Waals surface area contributed by atoms with E-state index in [-0.39, 0.29) is 5.92 Å². The van der Waals surface area contributed by atoms with Crippen LogP contribution in [0.5, 0.6) is 0 Å². The Morgan fingerprint density at radius 3 is 2.28 bits per heavy atom. The molecule has 0 aliphatic heterocycles. The van der Waals surface area contributed by atoms with E-state index in [0.717, 1.165) is 17.1 Å². The van der Waals surface area contributed by atoms with Crippen molar-refractivity contribution in [2.45, 2.75) is 5.92 Å². The largest absolute Gasteiger partial charge is 0.384 e. The average molecular weight is 479 g/mol. The Balaban J connectivity index is 0.000000687. The lowest BCUT2D eigenvalue weighted by Crippen LogP contribution is -2.14. The van der Waals surface area contributed by atoms with Crippen LogP contribution < -0.4 is 0 Å². The van der Waals surface area contributed by atoms with E-state index in [9.17, 15) is 0 Å². The maximum absolute atomic E-state index is 8.36. The topological polar surface area (TPSA) is 90.4 Å². The molecule has 0 radical (unpaired) electrons. The van der Waals surface area contributed by atoms with Crippen molar-refractivity contribution in [1.29, 1.82) is 0 Å². The van der Waals surface area contributed by atoms with Crippen LogP contribution in [0.25, 0.3) is 5.69 Å². The van der Waals surface area contributed by atoms with Crippen molar-refractivity contribution >= 4 is 46.4 Å². The van der Waals surface area contributed by atoms with Gasteiger partial charge in [-0.05, 0) is 35.9 Å². The number of halogens is 4. The summed E-state index contributed by atoms with van der Waals surface area (Å²) in [5, 5.41) is 15.9. The SMILES string of the molecule is COCC(c1ccc(Cl)cc1Cl)c1nccn1-c1ccc(Cl)cc1Cl.O=[N+]([O-])O. The van der Waals surface area contributed by atoms with E-state index in [0.29, 0.717) is 26.7 Å². The number of ether oxygens (including phenoxy) is 1. The first-order valence-corrected chi connectivity index (χ1v) is 9.51. The Labute approximate surface area is 186 Å². The molecule has 1 heterocycles. The minimum atomic E-state index is -1.50. The minimum absolute atomic E-state index is 0.184. The second-order valence-corrected chi connectivity index (χ2v) is 7.35. The molecule has 0 amide bonds. The summed E-state index contributed by atoms with van der Waals surface area (Å²) in [5.41, 5.74) is 1.66. The van der Waals surface area contributed by atoms with Gasteiger partial charge in [-0.2, -0.15) is 0 Å². The van der Waals surface area contributed by atoms with E-state index < -0.39 is 5.09 Å². The van der Waals surface area contributed by atoms with E-state index in [1.54, 1.807) is 37.6 Å². The maximum Gasteiger partial charge on any atom is 0.291 e. The molecular weight excluding hydrogens is 464 g/mol. The van der Waals surface area contributed by atoms with Crippen molar-refractivity contribution in [1.82, 2.24) is 9.55 Å². The van der Waals surface area contributed by atoms with Crippen LogP contribution in [0.1, 0.15) is 17.3 Å². The smallest absolute Gasteiger partial charge is 0.291 e. The van der Waals surface area contributed by atoms with Gasteiger partial charge in [0.1, 0.15) is 5.82 Å². The van der Waals surface area contributed by atoms with Gasteiger partial charge in [0.15, 0.2) is 0 Å². The quantitative estimate of drug-likeness (QED) is 0.363. The molecule has 3 aromatic rings. The van der Waals surface area contributed by atoms with Crippen molar-refractivity contribution in [2.75, 3.05) is 13.7 Å². The van der Waals surface area contributed by atoms with Gasteiger partial charge in [0.2, 0.25) is 0 Å². The fourth-order valence-electron chi connectivity index (χ4n) is 2.71. The molecule has 7 nitrogen and oxygen atoms in total. The third-order valence-corrected chi connectivity index (χ3v) is 4.92. The van der Waals surface area contributed by atoms with E-state index in [1.807, 2.05) is 22.9 Å². The number of rotatable bonds is 5. The van der Waals surface area contributed by atoms with E-state index in [2.05, 4.69) is 4.98 Å². The van der Waals surface area contributed by atoms with Crippen LogP contribution in [0, 0.1) is 10.1 Å². The highest BCUT2D eigenvalue weighted by atomic mass is 35.5. The molecule has 1 N–H and O–H groups in total. The van der Waals surface area contributed by atoms with Crippen LogP contribution in [0.2, 0.25) is 20.1 Å². The zero-order valence-corrected chi connectivity index (χ0v) is 18.0. The van der Waals surface area contributed by atoms with Gasteiger partial charge in [0.25, 0.3) is 5.09 Å². The molecule has 29 heavy (non-hydrogen) atoms. The van der Waals surface area contributed by atoms with Gasteiger partial charge >= 0.3 is 0 Å². The summed E-state index contributed by atoms with van der Waals surface area (Å²) >= 11 is 24.8. The molecule has 0 aliphatic carbocycles. The highest BCUT2D eigenvalue weighted by molar-refractivity contribution is 6.36. The monoisotopic (exact) mass is 477 g/mol. The van der Waals surface area contributed by atoms with Gasteiger partial charge in [-0.15, -0.1) is 10.1 Å². The summed E-state index contributed by atoms with van der Waals surface area (Å²) in [6, 6.07) is 10.7. The van der Waals surface area contributed by atoms with Crippen molar-refractivity contribution in [3.8, 4) is 5.69 Å². The van der Waals surface area contributed by atoms with Gasteiger partial charge in [-0.25, -0.2) is 4.98 Å². The highest BCUT2D eigenvalue weighted by Gasteiger charge is 2.23. The molecular formula is C18H15Cl4N3O4. The summed E-state index contributed by atoms with van der Waals surface area (Å²) in [6.45, 7) is 0.406. The first-order valence-electron chi connectivity index (χ1n) is 8.00. The van der Waals surface area contributed by atoms with Gasteiger partial charge in [0, 0.05) is 34.6 Å².